The first-order valence-electron chi connectivity index (χ1n) is 6.00. The van der Waals surface area contributed by atoms with E-state index in [0.29, 0.717) is 12.3 Å². The minimum absolute atomic E-state index is 0.00343. The Bertz CT molecular complexity index is 735. The van der Waals surface area contributed by atoms with E-state index in [1.54, 1.807) is 19.1 Å². The minimum atomic E-state index is -3.22. The molecule has 1 aromatic heterocycles. The van der Waals surface area contributed by atoms with Gasteiger partial charge in [-0.3, -0.25) is 0 Å². The van der Waals surface area contributed by atoms with Gasteiger partial charge in [0.1, 0.15) is 0 Å². The SMILES string of the molecule is CCOc1nc(Cl)nc(Nc2ccc(S(C)(=O)=O)cc2)n1. The maximum Gasteiger partial charge on any atom is 0.322 e. The van der Waals surface area contributed by atoms with E-state index in [1.807, 2.05) is 0 Å². The smallest absolute Gasteiger partial charge is 0.322 e. The second-order valence-corrected chi connectivity index (χ2v) is 6.42. The fourth-order valence-electron chi connectivity index (χ4n) is 1.50. The van der Waals surface area contributed by atoms with Gasteiger partial charge in [-0.1, -0.05) is 0 Å². The fourth-order valence-corrected chi connectivity index (χ4v) is 2.28. The zero-order chi connectivity index (χ0) is 15.5. The summed E-state index contributed by atoms with van der Waals surface area (Å²) in [5.41, 5.74) is 0.618. The maximum absolute atomic E-state index is 11.4. The summed E-state index contributed by atoms with van der Waals surface area (Å²) in [4.78, 5) is 12.0. The number of rotatable bonds is 5. The van der Waals surface area contributed by atoms with Crippen molar-refractivity contribution in [2.24, 2.45) is 0 Å². The van der Waals surface area contributed by atoms with Crippen molar-refractivity contribution in [2.75, 3.05) is 18.2 Å². The highest BCUT2D eigenvalue weighted by atomic mass is 35.5. The summed E-state index contributed by atoms with van der Waals surface area (Å²) in [6, 6.07) is 6.31. The quantitative estimate of drug-likeness (QED) is 0.897. The van der Waals surface area contributed by atoms with Gasteiger partial charge in [-0.05, 0) is 42.8 Å². The number of anilines is 2. The molecule has 9 heteroatoms. The summed E-state index contributed by atoms with van der Waals surface area (Å²) < 4.78 is 27.9. The second kappa shape index (κ2) is 6.23. The molecule has 0 atom stereocenters. The van der Waals surface area contributed by atoms with Crippen LogP contribution in [0.1, 0.15) is 6.92 Å². The van der Waals surface area contributed by atoms with Crippen molar-refractivity contribution >= 4 is 33.1 Å². The molecule has 112 valence electrons. The average Bonchev–Trinajstić information content (AvgIpc) is 2.38. The highest BCUT2D eigenvalue weighted by Crippen LogP contribution is 2.18. The third-order valence-corrected chi connectivity index (χ3v) is 3.70. The molecule has 0 aliphatic carbocycles. The number of nitrogens with one attached hydrogen (secondary N) is 1. The standard InChI is InChI=1S/C12H13ClN4O3S/c1-3-20-12-16-10(13)15-11(17-12)14-8-4-6-9(7-5-8)21(2,18)19/h4-7H,3H2,1-2H3,(H,14,15,16,17). The van der Waals surface area contributed by atoms with E-state index in [0.717, 1.165) is 6.26 Å². The summed E-state index contributed by atoms with van der Waals surface area (Å²) in [5.74, 6) is 0.213. The maximum atomic E-state index is 11.4. The second-order valence-electron chi connectivity index (χ2n) is 4.07. The van der Waals surface area contributed by atoms with Crippen LogP contribution in [0.15, 0.2) is 29.2 Å². The summed E-state index contributed by atoms with van der Waals surface area (Å²) >= 11 is 5.78. The molecule has 0 aliphatic rings. The van der Waals surface area contributed by atoms with Crippen LogP contribution in [0.25, 0.3) is 0 Å². The Morgan fingerprint density at radius 3 is 2.43 bits per heavy atom. The largest absolute Gasteiger partial charge is 0.464 e. The number of hydrogen-bond donors (Lipinski definition) is 1. The van der Waals surface area contributed by atoms with Crippen LogP contribution < -0.4 is 10.1 Å². The Morgan fingerprint density at radius 2 is 1.86 bits per heavy atom. The number of hydrogen-bond acceptors (Lipinski definition) is 7. The zero-order valence-corrected chi connectivity index (χ0v) is 12.9. The molecule has 0 bridgehead atoms. The molecule has 1 N–H and O–H groups in total. The Hall–Kier alpha value is -1.93. The molecule has 0 spiro atoms. The van der Waals surface area contributed by atoms with Crippen LogP contribution in [-0.2, 0) is 9.84 Å². The predicted molar refractivity (Wildman–Crippen MR) is 78.8 cm³/mol. The van der Waals surface area contributed by atoms with Crippen molar-refractivity contribution in [3.63, 3.8) is 0 Å². The molecule has 0 aliphatic heterocycles. The molecule has 0 unspecified atom stereocenters. The monoisotopic (exact) mass is 328 g/mol. The van der Waals surface area contributed by atoms with E-state index in [4.69, 9.17) is 16.3 Å². The molecule has 0 saturated carbocycles. The van der Waals surface area contributed by atoms with Crippen LogP contribution in [0.3, 0.4) is 0 Å². The van der Waals surface area contributed by atoms with Gasteiger partial charge in [-0.25, -0.2) is 8.42 Å². The number of ether oxygens (including phenoxy) is 1. The lowest BCUT2D eigenvalue weighted by Crippen LogP contribution is -2.04. The van der Waals surface area contributed by atoms with Gasteiger partial charge in [0, 0.05) is 11.9 Å². The third kappa shape index (κ3) is 4.27. The van der Waals surface area contributed by atoms with E-state index < -0.39 is 9.84 Å². The van der Waals surface area contributed by atoms with Crippen LogP contribution >= 0.6 is 11.6 Å². The van der Waals surface area contributed by atoms with Gasteiger partial charge in [0.2, 0.25) is 11.2 Å². The Labute approximate surface area is 127 Å². The van der Waals surface area contributed by atoms with Crippen molar-refractivity contribution in [1.29, 1.82) is 0 Å². The van der Waals surface area contributed by atoms with E-state index >= 15 is 0 Å². The van der Waals surface area contributed by atoms with Crippen LogP contribution in [0, 0.1) is 0 Å². The van der Waals surface area contributed by atoms with E-state index in [2.05, 4.69) is 20.3 Å². The Kier molecular flexibility index (Phi) is 4.59. The van der Waals surface area contributed by atoms with Crippen molar-refractivity contribution in [1.82, 2.24) is 15.0 Å². The Morgan fingerprint density at radius 1 is 1.19 bits per heavy atom. The number of benzene rings is 1. The third-order valence-electron chi connectivity index (χ3n) is 2.40. The predicted octanol–water partition coefficient (Wildman–Crippen LogP) is 2.07. The van der Waals surface area contributed by atoms with Gasteiger partial charge in [0.25, 0.3) is 0 Å². The zero-order valence-electron chi connectivity index (χ0n) is 11.4. The molecule has 0 saturated heterocycles. The molecular weight excluding hydrogens is 316 g/mol. The van der Waals surface area contributed by atoms with Crippen molar-refractivity contribution < 1.29 is 13.2 Å². The van der Waals surface area contributed by atoms with Crippen molar-refractivity contribution in [3.8, 4) is 6.01 Å². The van der Waals surface area contributed by atoms with Gasteiger partial charge in [0.15, 0.2) is 9.84 Å². The van der Waals surface area contributed by atoms with Crippen LogP contribution in [0.5, 0.6) is 6.01 Å². The molecule has 21 heavy (non-hydrogen) atoms. The van der Waals surface area contributed by atoms with Crippen LogP contribution in [0.2, 0.25) is 5.28 Å². The lowest BCUT2D eigenvalue weighted by molar-refractivity contribution is 0.312. The van der Waals surface area contributed by atoms with Gasteiger partial charge >= 0.3 is 6.01 Å². The summed E-state index contributed by atoms with van der Waals surface area (Å²) in [6.45, 7) is 2.21. The molecule has 1 heterocycles. The normalized spacial score (nSPS) is 11.2. The molecule has 2 aromatic rings. The van der Waals surface area contributed by atoms with Crippen LogP contribution in [0.4, 0.5) is 11.6 Å². The molecule has 0 radical (unpaired) electrons. The summed E-state index contributed by atoms with van der Waals surface area (Å²) in [6.07, 6.45) is 1.15. The lowest BCUT2D eigenvalue weighted by atomic mass is 10.3. The average molecular weight is 329 g/mol. The number of aromatic nitrogens is 3. The van der Waals surface area contributed by atoms with Gasteiger partial charge in [-0.15, -0.1) is 0 Å². The number of nitrogens with zero attached hydrogens (tertiary/aromatic N) is 3. The van der Waals surface area contributed by atoms with E-state index in [-0.39, 0.29) is 22.1 Å². The molecule has 2 rings (SSSR count). The molecule has 1 aromatic carbocycles. The molecular formula is C12H13ClN4O3S. The summed E-state index contributed by atoms with van der Waals surface area (Å²) in [5, 5.41) is 2.90. The number of halogens is 1. The van der Waals surface area contributed by atoms with Crippen LogP contribution in [-0.4, -0.2) is 36.2 Å². The van der Waals surface area contributed by atoms with E-state index in [1.165, 1.54) is 12.1 Å². The molecule has 0 amide bonds. The van der Waals surface area contributed by atoms with Crippen molar-refractivity contribution in [2.45, 2.75) is 11.8 Å². The van der Waals surface area contributed by atoms with Gasteiger partial charge in [0.05, 0.1) is 11.5 Å². The highest BCUT2D eigenvalue weighted by Gasteiger charge is 2.08. The van der Waals surface area contributed by atoms with Crippen molar-refractivity contribution in [3.05, 3.63) is 29.5 Å². The summed E-state index contributed by atoms with van der Waals surface area (Å²) in [7, 11) is -3.22. The first kappa shape index (κ1) is 15.5. The first-order valence-corrected chi connectivity index (χ1v) is 8.27. The van der Waals surface area contributed by atoms with Gasteiger partial charge < -0.3 is 10.1 Å². The van der Waals surface area contributed by atoms with Gasteiger partial charge in [-0.2, -0.15) is 15.0 Å². The number of sulfone groups is 1. The molecule has 7 nitrogen and oxygen atoms in total. The minimum Gasteiger partial charge on any atom is -0.464 e. The highest BCUT2D eigenvalue weighted by molar-refractivity contribution is 7.90. The fraction of sp³-hybridized carbons (Fsp3) is 0.250. The lowest BCUT2D eigenvalue weighted by Gasteiger charge is -2.07. The Balaban J connectivity index is 2.22. The van der Waals surface area contributed by atoms with E-state index in [9.17, 15) is 8.42 Å². The first-order chi connectivity index (χ1) is 9.88. The molecule has 0 fully saturated rings. The topological polar surface area (TPSA) is 94.1 Å².